The van der Waals surface area contributed by atoms with Crippen LogP contribution in [0.4, 0.5) is 0 Å². The van der Waals surface area contributed by atoms with Crippen LogP contribution in [0.15, 0.2) is 48.0 Å². The van der Waals surface area contributed by atoms with Gasteiger partial charge in [0.05, 0.1) is 5.69 Å². The third-order valence-corrected chi connectivity index (χ3v) is 4.44. The van der Waals surface area contributed by atoms with Gasteiger partial charge in [-0.25, -0.2) is 4.98 Å². The minimum absolute atomic E-state index is 0. The quantitative estimate of drug-likeness (QED) is 0.537. The fourth-order valence-corrected chi connectivity index (χ4v) is 3.25. The maximum absolute atomic E-state index is 6.24. The Morgan fingerprint density at radius 1 is 1.18 bits per heavy atom. The molecule has 3 rings (SSSR count). The van der Waals surface area contributed by atoms with Gasteiger partial charge < -0.3 is 0 Å². The summed E-state index contributed by atoms with van der Waals surface area (Å²) < 4.78 is 0. The Labute approximate surface area is 150 Å². The number of aromatic nitrogens is 2. The van der Waals surface area contributed by atoms with E-state index in [2.05, 4.69) is 23.4 Å². The maximum Gasteiger partial charge on any atom is 0.124 e. The van der Waals surface area contributed by atoms with Gasteiger partial charge in [0.15, 0.2) is 0 Å². The number of aryl methyl sites for hydroxylation is 1. The summed E-state index contributed by atoms with van der Waals surface area (Å²) in [6, 6.07) is 11.9. The van der Waals surface area contributed by atoms with Crippen molar-refractivity contribution >= 4 is 39.9 Å². The van der Waals surface area contributed by atoms with E-state index in [0.717, 1.165) is 45.4 Å². The monoisotopic (exact) mass is 394 g/mol. The smallest absolute Gasteiger partial charge is 0.124 e. The number of thiazole rings is 1. The van der Waals surface area contributed by atoms with Crippen LogP contribution >= 0.6 is 39.9 Å². The molecule has 0 aliphatic carbocycles. The highest BCUT2D eigenvalue weighted by atomic mass is 79.9. The summed E-state index contributed by atoms with van der Waals surface area (Å²) in [7, 11) is 0. The average Bonchev–Trinajstić information content (AvgIpc) is 2.98. The van der Waals surface area contributed by atoms with E-state index in [4.69, 9.17) is 16.6 Å². The molecular weight excluding hydrogens is 380 g/mol. The lowest BCUT2D eigenvalue weighted by Gasteiger charge is -2.01. The summed E-state index contributed by atoms with van der Waals surface area (Å²) in [5.74, 6) is 0. The van der Waals surface area contributed by atoms with Crippen molar-refractivity contribution < 1.29 is 0 Å². The topological polar surface area (TPSA) is 25.8 Å². The number of nitrogens with zero attached hydrogens (tertiary/aromatic N) is 2. The number of halogens is 2. The Hall–Kier alpha value is -1.23. The molecular formula is C17H16BrClN2S. The molecule has 0 saturated heterocycles. The van der Waals surface area contributed by atoms with Gasteiger partial charge in [-0.05, 0) is 24.6 Å². The first-order valence-electron chi connectivity index (χ1n) is 6.93. The molecule has 0 N–H and O–H groups in total. The Balaban J connectivity index is 0.00000176. The zero-order valence-electron chi connectivity index (χ0n) is 12.1. The van der Waals surface area contributed by atoms with E-state index in [1.165, 1.54) is 0 Å². The minimum Gasteiger partial charge on any atom is -0.261 e. The van der Waals surface area contributed by atoms with Gasteiger partial charge in [0.25, 0.3) is 0 Å². The maximum atomic E-state index is 6.24. The molecule has 0 aliphatic heterocycles. The Bertz CT molecular complexity index is 758. The van der Waals surface area contributed by atoms with Crippen LogP contribution in [0.3, 0.4) is 0 Å². The van der Waals surface area contributed by atoms with Gasteiger partial charge >= 0.3 is 0 Å². The van der Waals surface area contributed by atoms with Gasteiger partial charge in [-0.1, -0.05) is 43.1 Å². The van der Waals surface area contributed by atoms with Crippen LogP contribution in [0.25, 0.3) is 21.8 Å². The molecule has 2 aromatic heterocycles. The van der Waals surface area contributed by atoms with E-state index in [-0.39, 0.29) is 17.0 Å². The first-order chi connectivity index (χ1) is 10.3. The molecule has 0 spiro atoms. The molecule has 0 unspecified atom stereocenters. The zero-order valence-corrected chi connectivity index (χ0v) is 15.4. The minimum atomic E-state index is 0. The van der Waals surface area contributed by atoms with Crippen LogP contribution in [-0.2, 0) is 6.42 Å². The summed E-state index contributed by atoms with van der Waals surface area (Å²) in [6.07, 6.45) is 3.95. The highest BCUT2D eigenvalue weighted by Crippen LogP contribution is 2.32. The van der Waals surface area contributed by atoms with E-state index in [1.54, 1.807) is 11.3 Å². The lowest BCUT2D eigenvalue weighted by molar-refractivity contribution is 0.883. The normalized spacial score (nSPS) is 10.3. The molecule has 0 atom stereocenters. The van der Waals surface area contributed by atoms with Gasteiger partial charge in [-0.2, -0.15) is 0 Å². The van der Waals surface area contributed by atoms with Crippen molar-refractivity contribution in [1.29, 1.82) is 0 Å². The zero-order chi connectivity index (χ0) is 14.7. The lowest BCUT2D eigenvalue weighted by Crippen LogP contribution is -1.89. The Morgan fingerprint density at radius 3 is 2.77 bits per heavy atom. The molecule has 0 bridgehead atoms. The molecule has 22 heavy (non-hydrogen) atoms. The number of rotatable bonds is 4. The van der Waals surface area contributed by atoms with Crippen molar-refractivity contribution in [2.24, 2.45) is 0 Å². The molecule has 114 valence electrons. The van der Waals surface area contributed by atoms with E-state index in [9.17, 15) is 0 Å². The molecule has 0 aliphatic rings. The molecule has 3 aromatic rings. The predicted octanol–water partition coefficient (Wildman–Crippen LogP) is 6.06. The van der Waals surface area contributed by atoms with Crippen LogP contribution in [-0.4, -0.2) is 9.97 Å². The highest BCUT2D eigenvalue weighted by molar-refractivity contribution is 8.93. The number of hydrogen-bond donors (Lipinski definition) is 0. The van der Waals surface area contributed by atoms with Crippen molar-refractivity contribution in [3.63, 3.8) is 0 Å². The van der Waals surface area contributed by atoms with Gasteiger partial charge in [-0.15, -0.1) is 28.3 Å². The first kappa shape index (κ1) is 17.1. The van der Waals surface area contributed by atoms with Gasteiger partial charge in [0, 0.05) is 33.4 Å². The fourth-order valence-electron chi connectivity index (χ4n) is 2.20. The lowest BCUT2D eigenvalue weighted by atomic mass is 10.1. The van der Waals surface area contributed by atoms with E-state index < -0.39 is 0 Å². The van der Waals surface area contributed by atoms with Crippen LogP contribution in [0.1, 0.15) is 19.0 Å². The SMILES string of the molecule is Br.CCCc1cc(-c2nc(-c3ccccc3Cl)cs2)ccn1. The second-order valence-electron chi connectivity index (χ2n) is 4.80. The molecule has 0 amide bonds. The fraction of sp³-hybridized carbons (Fsp3) is 0.176. The van der Waals surface area contributed by atoms with Crippen molar-refractivity contribution in [3.05, 3.63) is 58.7 Å². The van der Waals surface area contributed by atoms with Crippen LogP contribution in [0.5, 0.6) is 0 Å². The molecule has 5 heteroatoms. The first-order valence-corrected chi connectivity index (χ1v) is 8.19. The third-order valence-electron chi connectivity index (χ3n) is 3.22. The highest BCUT2D eigenvalue weighted by Gasteiger charge is 2.09. The van der Waals surface area contributed by atoms with Gasteiger partial charge in [0.2, 0.25) is 0 Å². The van der Waals surface area contributed by atoms with Crippen LogP contribution in [0.2, 0.25) is 5.02 Å². The summed E-state index contributed by atoms with van der Waals surface area (Å²) in [5.41, 5.74) is 4.14. The number of benzene rings is 1. The largest absolute Gasteiger partial charge is 0.261 e. The molecule has 0 saturated carbocycles. The Kier molecular flexibility index (Phi) is 6.12. The van der Waals surface area contributed by atoms with Crippen molar-refractivity contribution in [2.45, 2.75) is 19.8 Å². The molecule has 1 aromatic carbocycles. The van der Waals surface area contributed by atoms with E-state index in [1.807, 2.05) is 36.5 Å². The van der Waals surface area contributed by atoms with Crippen molar-refractivity contribution in [1.82, 2.24) is 9.97 Å². The summed E-state index contributed by atoms with van der Waals surface area (Å²) >= 11 is 7.87. The molecule has 0 radical (unpaired) electrons. The second-order valence-corrected chi connectivity index (χ2v) is 6.07. The molecule has 0 fully saturated rings. The standard InChI is InChI=1S/C17H15ClN2S.BrH/c1-2-5-13-10-12(8-9-19-13)17-20-16(11-21-17)14-6-3-4-7-15(14)18;/h3-4,6-11H,2,5H2,1H3;1H. The van der Waals surface area contributed by atoms with Crippen LogP contribution < -0.4 is 0 Å². The van der Waals surface area contributed by atoms with Crippen LogP contribution in [0, 0.1) is 0 Å². The summed E-state index contributed by atoms with van der Waals surface area (Å²) in [6.45, 7) is 2.16. The van der Waals surface area contributed by atoms with E-state index >= 15 is 0 Å². The molecule has 2 heterocycles. The number of hydrogen-bond acceptors (Lipinski definition) is 3. The second kappa shape index (κ2) is 7.86. The number of pyridine rings is 1. The van der Waals surface area contributed by atoms with Gasteiger partial charge in [-0.3, -0.25) is 4.98 Å². The summed E-state index contributed by atoms with van der Waals surface area (Å²) in [4.78, 5) is 9.11. The van der Waals surface area contributed by atoms with Crippen molar-refractivity contribution in [2.75, 3.05) is 0 Å². The third kappa shape index (κ3) is 3.75. The van der Waals surface area contributed by atoms with E-state index in [0.29, 0.717) is 0 Å². The van der Waals surface area contributed by atoms with Crippen molar-refractivity contribution in [3.8, 4) is 21.8 Å². The average molecular weight is 396 g/mol. The molecule has 2 nitrogen and oxygen atoms in total. The predicted molar refractivity (Wildman–Crippen MR) is 100 cm³/mol. The Morgan fingerprint density at radius 2 is 2.00 bits per heavy atom. The van der Waals surface area contributed by atoms with Gasteiger partial charge in [0.1, 0.15) is 5.01 Å². The summed E-state index contributed by atoms with van der Waals surface area (Å²) in [5, 5.41) is 3.79.